The van der Waals surface area contributed by atoms with Crippen molar-refractivity contribution in [1.82, 2.24) is 23.2 Å². The largest absolute Gasteiger partial charge is 0.324 e. The van der Waals surface area contributed by atoms with Gasteiger partial charge in [-0.1, -0.05) is 31.0 Å². The zero-order chi connectivity index (χ0) is 26.1. The molecule has 2 fully saturated rings. The van der Waals surface area contributed by atoms with E-state index in [1.807, 2.05) is 13.8 Å². The molecule has 196 valence electrons. The van der Waals surface area contributed by atoms with Crippen LogP contribution in [0.15, 0.2) is 47.6 Å². The lowest BCUT2D eigenvalue weighted by atomic mass is 10.00. The molecule has 4 aromatic rings. The first-order chi connectivity index (χ1) is 17.6. The Labute approximate surface area is 217 Å². The van der Waals surface area contributed by atoms with E-state index in [1.165, 1.54) is 3.97 Å². The van der Waals surface area contributed by atoms with Gasteiger partial charge < -0.3 is 4.57 Å². The van der Waals surface area contributed by atoms with Crippen molar-refractivity contribution in [2.75, 3.05) is 0 Å². The molecule has 3 atom stereocenters. The highest BCUT2D eigenvalue weighted by molar-refractivity contribution is 7.90. The van der Waals surface area contributed by atoms with Crippen LogP contribution in [0.3, 0.4) is 0 Å². The van der Waals surface area contributed by atoms with Crippen LogP contribution in [0, 0.1) is 19.8 Å². The number of aryl methyl sites for hydroxylation is 2. The summed E-state index contributed by atoms with van der Waals surface area (Å²) in [7, 11) is -7.11. The molecular formula is C26H31N5O4S2. The third-order valence-electron chi connectivity index (χ3n) is 7.89. The van der Waals surface area contributed by atoms with Crippen LogP contribution in [-0.2, 0) is 20.0 Å². The minimum atomic E-state index is -3.83. The maximum absolute atomic E-state index is 13.5. The predicted molar refractivity (Wildman–Crippen MR) is 142 cm³/mol. The molecule has 11 heteroatoms. The molecule has 37 heavy (non-hydrogen) atoms. The van der Waals surface area contributed by atoms with Gasteiger partial charge in [-0.3, -0.25) is 0 Å². The Bertz CT molecular complexity index is 1720. The quantitative estimate of drug-likeness (QED) is 0.377. The highest BCUT2D eigenvalue weighted by Gasteiger charge is 2.42. The van der Waals surface area contributed by atoms with E-state index in [9.17, 15) is 16.8 Å². The molecule has 0 bridgehead atoms. The topological polar surface area (TPSA) is 116 Å². The molecule has 2 saturated carbocycles. The van der Waals surface area contributed by atoms with E-state index < -0.39 is 20.0 Å². The highest BCUT2D eigenvalue weighted by atomic mass is 32.2. The van der Waals surface area contributed by atoms with Gasteiger partial charge in [0, 0.05) is 23.7 Å². The highest BCUT2D eigenvalue weighted by Crippen LogP contribution is 2.42. The number of nitrogens with zero attached hydrogens (tertiary/aromatic N) is 4. The summed E-state index contributed by atoms with van der Waals surface area (Å²) in [4.78, 5) is 9.47. The van der Waals surface area contributed by atoms with Crippen molar-refractivity contribution < 1.29 is 16.8 Å². The summed E-state index contributed by atoms with van der Waals surface area (Å²) < 4.78 is 58.6. The minimum Gasteiger partial charge on any atom is -0.324 e. The predicted octanol–water partition coefficient (Wildman–Crippen LogP) is 4.05. The number of benzene rings is 1. The molecule has 0 amide bonds. The molecule has 3 heterocycles. The fourth-order valence-corrected chi connectivity index (χ4v) is 8.76. The Morgan fingerprint density at radius 2 is 1.76 bits per heavy atom. The first-order valence-electron chi connectivity index (χ1n) is 12.8. The molecule has 0 unspecified atom stereocenters. The number of hydrogen-bond acceptors (Lipinski definition) is 6. The first kappa shape index (κ1) is 24.6. The molecule has 0 spiro atoms. The SMILES string of the molecule is CC[C@@H]1C[C@H](NS(=O)(=O)C2CC2)C[C@@H]1n1c(C)nc2cnc3c(ccn3S(=O)(=O)c3ccc(C)cc3)c21. The van der Waals surface area contributed by atoms with E-state index in [0.717, 1.165) is 42.6 Å². The second kappa shape index (κ2) is 8.64. The van der Waals surface area contributed by atoms with Gasteiger partial charge in [0.15, 0.2) is 5.65 Å². The van der Waals surface area contributed by atoms with Gasteiger partial charge in [-0.15, -0.1) is 0 Å². The molecule has 2 aliphatic rings. The molecule has 9 nitrogen and oxygen atoms in total. The molecule has 2 aliphatic carbocycles. The Hall–Kier alpha value is -2.76. The van der Waals surface area contributed by atoms with Crippen molar-refractivity contribution in [3.05, 3.63) is 54.1 Å². The van der Waals surface area contributed by atoms with Crippen LogP contribution < -0.4 is 4.72 Å². The number of sulfonamides is 1. The van der Waals surface area contributed by atoms with Gasteiger partial charge in [0.25, 0.3) is 10.0 Å². The molecule has 0 saturated heterocycles. The van der Waals surface area contributed by atoms with E-state index in [4.69, 9.17) is 4.98 Å². The van der Waals surface area contributed by atoms with Crippen LogP contribution in [0.1, 0.15) is 56.5 Å². The number of pyridine rings is 1. The molecule has 0 aliphatic heterocycles. The van der Waals surface area contributed by atoms with Crippen LogP contribution >= 0.6 is 0 Å². The molecule has 3 aromatic heterocycles. The van der Waals surface area contributed by atoms with Crippen molar-refractivity contribution in [3.8, 4) is 0 Å². The van der Waals surface area contributed by atoms with Crippen molar-refractivity contribution in [1.29, 1.82) is 0 Å². The summed E-state index contributed by atoms with van der Waals surface area (Å²) in [5.74, 6) is 1.08. The van der Waals surface area contributed by atoms with Gasteiger partial charge in [0.2, 0.25) is 10.0 Å². The van der Waals surface area contributed by atoms with Gasteiger partial charge >= 0.3 is 0 Å². The summed E-state index contributed by atoms with van der Waals surface area (Å²) in [5, 5.41) is 0.467. The zero-order valence-electron chi connectivity index (χ0n) is 21.1. The fraction of sp³-hybridized carbons (Fsp3) is 0.462. The van der Waals surface area contributed by atoms with E-state index in [-0.39, 0.29) is 28.1 Å². The van der Waals surface area contributed by atoms with E-state index >= 15 is 0 Å². The average molecular weight is 542 g/mol. The lowest BCUT2D eigenvalue weighted by Gasteiger charge is -2.22. The lowest BCUT2D eigenvalue weighted by Crippen LogP contribution is -2.35. The molecule has 1 aromatic carbocycles. The van der Waals surface area contributed by atoms with Crippen LogP contribution in [-0.4, -0.2) is 46.6 Å². The summed E-state index contributed by atoms with van der Waals surface area (Å²) >= 11 is 0. The third-order valence-corrected chi connectivity index (χ3v) is 11.6. The van der Waals surface area contributed by atoms with Gasteiger partial charge in [0.1, 0.15) is 11.3 Å². The second-order valence-electron chi connectivity index (χ2n) is 10.5. The number of rotatable bonds is 7. The number of fused-ring (bicyclic) bond motifs is 3. The lowest BCUT2D eigenvalue weighted by molar-refractivity contribution is 0.372. The Morgan fingerprint density at radius 3 is 2.43 bits per heavy atom. The van der Waals surface area contributed by atoms with Gasteiger partial charge in [0.05, 0.1) is 21.9 Å². The van der Waals surface area contributed by atoms with E-state index in [2.05, 4.69) is 21.2 Å². The van der Waals surface area contributed by atoms with Crippen LogP contribution in [0.5, 0.6) is 0 Å². The van der Waals surface area contributed by atoms with Crippen molar-refractivity contribution >= 4 is 42.1 Å². The van der Waals surface area contributed by atoms with Crippen LogP contribution in [0.4, 0.5) is 0 Å². The van der Waals surface area contributed by atoms with Gasteiger partial charge in [-0.2, -0.15) is 0 Å². The van der Waals surface area contributed by atoms with Crippen LogP contribution in [0.2, 0.25) is 0 Å². The van der Waals surface area contributed by atoms with Crippen molar-refractivity contribution in [3.63, 3.8) is 0 Å². The smallest absolute Gasteiger partial charge is 0.269 e. The molecular weight excluding hydrogens is 510 g/mol. The van der Waals surface area contributed by atoms with E-state index in [1.54, 1.807) is 42.7 Å². The zero-order valence-corrected chi connectivity index (χ0v) is 22.8. The Balaban J connectivity index is 1.44. The van der Waals surface area contributed by atoms with Crippen molar-refractivity contribution in [2.24, 2.45) is 5.92 Å². The number of imidazole rings is 1. The summed E-state index contributed by atoms with van der Waals surface area (Å²) in [6, 6.07) is 8.49. The maximum Gasteiger partial charge on any atom is 0.269 e. The maximum atomic E-state index is 13.5. The summed E-state index contributed by atoms with van der Waals surface area (Å²) in [6.45, 7) is 5.99. The van der Waals surface area contributed by atoms with Crippen molar-refractivity contribution in [2.45, 2.75) is 75.1 Å². The average Bonchev–Trinajstić information content (AvgIpc) is 3.39. The third kappa shape index (κ3) is 4.07. The minimum absolute atomic E-state index is 0.0459. The fourth-order valence-electron chi connectivity index (χ4n) is 5.85. The monoisotopic (exact) mass is 541 g/mol. The second-order valence-corrected chi connectivity index (χ2v) is 14.3. The molecule has 6 rings (SSSR count). The first-order valence-corrected chi connectivity index (χ1v) is 15.8. The summed E-state index contributed by atoms with van der Waals surface area (Å²) in [6.07, 6.45) is 7.00. The van der Waals surface area contributed by atoms with Crippen LogP contribution in [0.25, 0.3) is 22.1 Å². The Morgan fingerprint density at radius 1 is 1.03 bits per heavy atom. The molecule has 0 radical (unpaired) electrons. The summed E-state index contributed by atoms with van der Waals surface area (Å²) in [5.41, 5.74) is 2.88. The van der Waals surface area contributed by atoms with E-state index in [0.29, 0.717) is 23.0 Å². The Kier molecular flexibility index (Phi) is 5.74. The molecule has 1 N–H and O–H groups in total. The number of nitrogens with one attached hydrogen (secondary N) is 1. The standard InChI is InChI=1S/C26H31N5O4S2/c1-4-18-13-19(29-36(32,33)20-9-10-20)14-24(18)31-17(3)28-23-15-27-26-22(25(23)31)11-12-30(26)37(34,35)21-7-5-16(2)6-8-21/h5-8,11-12,15,18-20,24,29H,4,9-10,13-14H2,1-3H3/t18-,19+,24+/m1/s1. The van der Waals surface area contributed by atoms with Gasteiger partial charge in [-0.05, 0) is 63.6 Å². The normalized spacial score (nSPS) is 22.8. The number of aromatic nitrogens is 4. The van der Waals surface area contributed by atoms with Gasteiger partial charge in [-0.25, -0.2) is 35.5 Å². The number of hydrogen-bond donors (Lipinski definition) is 1.